The minimum atomic E-state index is -4.73. The zero-order valence-corrected chi connectivity index (χ0v) is 22.8. The molecule has 0 unspecified atom stereocenters. The average molecular weight is 598 g/mol. The van der Waals surface area contributed by atoms with Gasteiger partial charge in [0.05, 0.1) is 23.1 Å². The van der Waals surface area contributed by atoms with E-state index in [0.717, 1.165) is 23.3 Å². The van der Waals surface area contributed by atoms with E-state index in [4.69, 9.17) is 14.6 Å². The normalized spacial score (nSPS) is 20.0. The van der Waals surface area contributed by atoms with Gasteiger partial charge < -0.3 is 35.8 Å². The van der Waals surface area contributed by atoms with Crippen molar-refractivity contribution in [3.05, 3.63) is 70.9 Å². The van der Waals surface area contributed by atoms with Crippen molar-refractivity contribution >= 4 is 29.5 Å². The lowest BCUT2D eigenvalue weighted by Crippen LogP contribution is -2.40. The van der Waals surface area contributed by atoms with Gasteiger partial charge >= 0.3 is 18.3 Å². The third-order valence-electron chi connectivity index (χ3n) is 7.61. The lowest BCUT2D eigenvalue weighted by molar-refractivity contribution is -0.137. The van der Waals surface area contributed by atoms with Crippen LogP contribution >= 0.6 is 0 Å². The van der Waals surface area contributed by atoms with Crippen LogP contribution in [0, 0.1) is 0 Å². The number of rotatable bonds is 6. The number of nitrogens with one attached hydrogen (secondary N) is 4. The van der Waals surface area contributed by atoms with Crippen LogP contribution in [0.4, 0.5) is 34.3 Å². The summed E-state index contributed by atoms with van der Waals surface area (Å²) in [5, 5.41) is 19.2. The first-order valence-electron chi connectivity index (χ1n) is 13.4. The van der Waals surface area contributed by atoms with Gasteiger partial charge in [0.1, 0.15) is 29.2 Å². The summed E-state index contributed by atoms with van der Waals surface area (Å²) >= 11 is 0. The third-order valence-corrected chi connectivity index (χ3v) is 7.61. The van der Waals surface area contributed by atoms with Gasteiger partial charge in [0, 0.05) is 29.4 Å². The molecule has 43 heavy (non-hydrogen) atoms. The number of pyridine rings is 1. The Kier molecular flexibility index (Phi) is 6.58. The van der Waals surface area contributed by atoms with Crippen molar-refractivity contribution in [3.63, 3.8) is 0 Å². The van der Waals surface area contributed by atoms with Crippen molar-refractivity contribution in [2.45, 2.75) is 56.5 Å². The number of urea groups is 1. The van der Waals surface area contributed by atoms with Gasteiger partial charge in [-0.25, -0.2) is 14.6 Å². The van der Waals surface area contributed by atoms with E-state index in [0.29, 0.717) is 35.9 Å². The van der Waals surface area contributed by atoms with Gasteiger partial charge in [-0.15, -0.1) is 0 Å². The molecule has 2 aromatic carbocycles. The fraction of sp³-hybridized carbons (Fsp3) is 0.310. The Labute approximate surface area is 242 Å². The third kappa shape index (κ3) is 5.59. The number of carbonyl (C=O) groups is 3. The molecule has 3 aromatic rings. The molecule has 224 valence electrons. The number of anilines is 2. The Morgan fingerprint density at radius 1 is 1.09 bits per heavy atom. The summed E-state index contributed by atoms with van der Waals surface area (Å²) in [5.74, 6) is 1.89. The van der Waals surface area contributed by atoms with Crippen LogP contribution in [0.15, 0.2) is 48.7 Å². The largest absolute Gasteiger partial charge is 0.487 e. The quantitative estimate of drug-likeness (QED) is 0.258. The zero-order chi connectivity index (χ0) is 30.7. The van der Waals surface area contributed by atoms with E-state index < -0.39 is 35.4 Å². The van der Waals surface area contributed by atoms with Gasteiger partial charge in [-0.05, 0) is 68.3 Å². The van der Waals surface area contributed by atoms with E-state index >= 15 is 0 Å². The highest BCUT2D eigenvalue weighted by Crippen LogP contribution is 2.54. The summed E-state index contributed by atoms with van der Waals surface area (Å²) in [6.45, 7) is 2.83. The highest BCUT2D eigenvalue weighted by Gasteiger charge is 2.59. The second-order valence-corrected chi connectivity index (χ2v) is 11.1. The Morgan fingerprint density at radius 2 is 1.86 bits per heavy atom. The second-order valence-electron chi connectivity index (χ2n) is 11.1. The molecule has 3 heterocycles. The first-order chi connectivity index (χ1) is 20.3. The van der Waals surface area contributed by atoms with Crippen LogP contribution in [0.25, 0.3) is 0 Å². The number of hydrogen-bond donors (Lipinski definition) is 5. The summed E-state index contributed by atoms with van der Waals surface area (Å²) in [4.78, 5) is 39.9. The lowest BCUT2D eigenvalue weighted by atomic mass is 9.92. The van der Waals surface area contributed by atoms with Gasteiger partial charge in [0.25, 0.3) is 0 Å². The predicted octanol–water partition coefficient (Wildman–Crippen LogP) is 5.33. The number of benzene rings is 2. The van der Waals surface area contributed by atoms with Crippen LogP contribution < -0.4 is 30.7 Å². The van der Waals surface area contributed by atoms with E-state index in [1.165, 1.54) is 19.9 Å². The van der Waals surface area contributed by atoms with Crippen molar-refractivity contribution in [2.75, 3.05) is 10.6 Å². The first kappa shape index (κ1) is 28.1. The predicted molar refractivity (Wildman–Crippen MR) is 146 cm³/mol. The first-order valence-corrected chi connectivity index (χ1v) is 13.4. The van der Waals surface area contributed by atoms with Crippen LogP contribution in [-0.4, -0.2) is 40.3 Å². The molecule has 0 radical (unpaired) electrons. The molecule has 1 aliphatic carbocycles. The van der Waals surface area contributed by atoms with Crippen molar-refractivity contribution in [1.82, 2.24) is 15.6 Å². The van der Waals surface area contributed by atoms with Crippen molar-refractivity contribution in [2.24, 2.45) is 0 Å². The topological polar surface area (TPSA) is 151 Å². The Balaban J connectivity index is 1.15. The summed E-state index contributed by atoms with van der Waals surface area (Å²) < 4.78 is 52.9. The van der Waals surface area contributed by atoms with Gasteiger partial charge in [-0.2, -0.15) is 13.2 Å². The molecular formula is C29H26F3N5O6. The molecule has 2 aliphatic heterocycles. The molecule has 6 rings (SSSR count). The number of hydrogen-bond acceptors (Lipinski definition) is 6. The number of halogens is 3. The molecule has 1 aromatic heterocycles. The fourth-order valence-electron chi connectivity index (χ4n) is 5.44. The van der Waals surface area contributed by atoms with Crippen LogP contribution in [0.5, 0.6) is 17.2 Å². The number of ether oxygens (including phenoxy) is 2. The number of amides is 4. The maximum Gasteiger partial charge on any atom is 0.416 e. The van der Waals surface area contributed by atoms with Gasteiger partial charge in [-0.1, -0.05) is 0 Å². The SMILES string of the molecule is CC(C)(NC(=O)O)c1cc(NC(=O)N[C@@H]2[C@H]3Oc4ccc(Oc5ccnc6c5CCC(=O)N6)cc4[C@@H]23)cc(C(F)(F)F)c1. The van der Waals surface area contributed by atoms with Crippen LogP contribution in [0.1, 0.15) is 48.4 Å². The fourth-order valence-corrected chi connectivity index (χ4v) is 5.44. The average Bonchev–Trinajstić information content (AvgIpc) is 3.42. The van der Waals surface area contributed by atoms with Crippen LogP contribution in [0.3, 0.4) is 0 Å². The molecule has 11 nitrogen and oxygen atoms in total. The number of alkyl halides is 3. The highest BCUT2D eigenvalue weighted by molar-refractivity contribution is 5.93. The van der Waals surface area contributed by atoms with Gasteiger partial charge in [0.15, 0.2) is 0 Å². The van der Waals surface area contributed by atoms with E-state index in [1.807, 2.05) is 6.07 Å². The number of carboxylic acid groups (broad SMARTS) is 1. The maximum atomic E-state index is 13.6. The van der Waals surface area contributed by atoms with Gasteiger partial charge in [0.2, 0.25) is 5.91 Å². The number of nitrogens with zero attached hydrogens (tertiary/aromatic N) is 1. The van der Waals surface area contributed by atoms with E-state index in [9.17, 15) is 27.6 Å². The Morgan fingerprint density at radius 3 is 2.60 bits per heavy atom. The molecule has 0 saturated heterocycles. The smallest absolute Gasteiger partial charge is 0.416 e. The van der Waals surface area contributed by atoms with E-state index in [-0.39, 0.29) is 29.2 Å². The maximum absolute atomic E-state index is 13.6. The zero-order valence-electron chi connectivity index (χ0n) is 22.8. The second kappa shape index (κ2) is 10.1. The van der Waals surface area contributed by atoms with Crippen molar-refractivity contribution < 1.29 is 42.1 Å². The molecule has 1 fully saturated rings. The molecule has 0 bridgehead atoms. The molecular weight excluding hydrogens is 571 g/mol. The van der Waals surface area contributed by atoms with Crippen LogP contribution in [0.2, 0.25) is 0 Å². The molecule has 3 aliphatic rings. The standard InChI is InChI=1S/C29H26F3N5O6/c1-28(2,37-27(40)41)13-9-14(29(30,31)32)11-15(10-13)34-26(39)36-23-22-18-12-16(3-5-19(18)43-24(22)23)42-20-7-8-33-25-17(20)4-6-21(38)35-25/h3,5,7-12,22-24,37H,4,6H2,1-2H3,(H,40,41)(H,33,35,38)(H2,34,36,39)/t22-,23-,24-/m0/s1. The van der Waals surface area contributed by atoms with Crippen molar-refractivity contribution in [3.8, 4) is 17.2 Å². The Bertz CT molecular complexity index is 1660. The van der Waals surface area contributed by atoms with Gasteiger partial charge in [-0.3, -0.25) is 4.79 Å². The highest BCUT2D eigenvalue weighted by atomic mass is 19.4. The molecule has 14 heteroatoms. The van der Waals surface area contributed by atoms with Crippen molar-refractivity contribution in [1.29, 1.82) is 0 Å². The van der Waals surface area contributed by atoms with Crippen LogP contribution in [-0.2, 0) is 22.9 Å². The summed E-state index contributed by atoms with van der Waals surface area (Å²) in [7, 11) is 0. The minimum absolute atomic E-state index is 0.0194. The number of carbonyl (C=O) groups excluding carboxylic acids is 2. The van der Waals surface area contributed by atoms with E-state index in [1.54, 1.807) is 24.4 Å². The minimum Gasteiger partial charge on any atom is -0.487 e. The monoisotopic (exact) mass is 597 g/mol. The molecule has 0 spiro atoms. The summed E-state index contributed by atoms with van der Waals surface area (Å²) in [5.41, 5.74) is -0.931. The summed E-state index contributed by atoms with van der Waals surface area (Å²) in [6, 6.07) is 8.78. The summed E-state index contributed by atoms with van der Waals surface area (Å²) in [6.07, 6.45) is -4.12. The number of aromatic nitrogens is 1. The molecule has 4 amide bonds. The number of fused-ring (bicyclic) bond motifs is 4. The Hall–Kier alpha value is -5.01. The molecule has 1 saturated carbocycles. The van der Waals surface area contributed by atoms with E-state index in [2.05, 4.69) is 26.3 Å². The lowest BCUT2D eigenvalue weighted by Gasteiger charge is -2.27. The molecule has 5 N–H and O–H groups in total. The molecule has 3 atom stereocenters.